The zero-order valence-electron chi connectivity index (χ0n) is 10.8. The first-order valence-corrected chi connectivity index (χ1v) is 6.34. The van der Waals surface area contributed by atoms with Gasteiger partial charge in [-0.25, -0.2) is 0 Å². The molecule has 0 atom stereocenters. The van der Waals surface area contributed by atoms with Gasteiger partial charge in [-0.15, -0.1) is 0 Å². The van der Waals surface area contributed by atoms with Crippen LogP contribution in [-0.2, 0) is 16.0 Å². The summed E-state index contributed by atoms with van der Waals surface area (Å²) in [7, 11) is 0. The van der Waals surface area contributed by atoms with Crippen molar-refractivity contribution in [2.45, 2.75) is 26.2 Å². The Kier molecular flexibility index (Phi) is 6.87. The largest absolute Gasteiger partial charge is 0.508 e. The number of hydrogen-bond acceptors (Lipinski definition) is 3. The molecule has 18 heavy (non-hydrogen) atoms. The minimum Gasteiger partial charge on any atom is -0.508 e. The number of nitrogens with one attached hydrogen (secondary N) is 1. The van der Waals surface area contributed by atoms with Crippen molar-refractivity contribution in [1.82, 2.24) is 5.32 Å². The predicted octanol–water partition coefficient (Wildman–Crippen LogP) is 1.87. The van der Waals surface area contributed by atoms with Crippen LogP contribution >= 0.6 is 0 Å². The summed E-state index contributed by atoms with van der Waals surface area (Å²) in [4.78, 5) is 11.4. The van der Waals surface area contributed by atoms with Gasteiger partial charge in [-0.2, -0.15) is 0 Å². The molecule has 0 spiro atoms. The molecule has 1 aromatic carbocycles. The summed E-state index contributed by atoms with van der Waals surface area (Å²) in [5, 5.41) is 12.0. The smallest absolute Gasteiger partial charge is 0.222 e. The summed E-state index contributed by atoms with van der Waals surface area (Å²) in [6.07, 6.45) is 2.15. The zero-order chi connectivity index (χ0) is 13.2. The molecule has 0 radical (unpaired) electrons. The third kappa shape index (κ3) is 6.25. The van der Waals surface area contributed by atoms with Crippen molar-refractivity contribution in [2.24, 2.45) is 0 Å². The Morgan fingerprint density at radius 3 is 2.67 bits per heavy atom. The minimum atomic E-state index is 0.0184. The highest BCUT2D eigenvalue weighted by Gasteiger charge is 2.00. The molecule has 100 valence electrons. The third-order valence-corrected chi connectivity index (χ3v) is 2.49. The van der Waals surface area contributed by atoms with Gasteiger partial charge in [-0.3, -0.25) is 4.79 Å². The number of carbonyl (C=O) groups excluding carboxylic acids is 1. The van der Waals surface area contributed by atoms with E-state index >= 15 is 0 Å². The van der Waals surface area contributed by atoms with Crippen molar-refractivity contribution in [1.29, 1.82) is 0 Å². The second kappa shape index (κ2) is 8.53. The van der Waals surface area contributed by atoms with Gasteiger partial charge in [0.15, 0.2) is 0 Å². The van der Waals surface area contributed by atoms with Crippen LogP contribution in [0, 0.1) is 0 Å². The van der Waals surface area contributed by atoms with E-state index < -0.39 is 0 Å². The van der Waals surface area contributed by atoms with Gasteiger partial charge in [0.25, 0.3) is 0 Å². The SMILES string of the molecule is CCCOCCC(=O)NCCc1ccc(O)cc1. The molecule has 4 nitrogen and oxygen atoms in total. The lowest BCUT2D eigenvalue weighted by Crippen LogP contribution is -2.26. The number of aromatic hydroxyl groups is 1. The molecule has 0 aliphatic carbocycles. The summed E-state index contributed by atoms with van der Waals surface area (Å²) in [5.41, 5.74) is 1.09. The van der Waals surface area contributed by atoms with Gasteiger partial charge >= 0.3 is 0 Å². The molecule has 0 heterocycles. The highest BCUT2D eigenvalue weighted by molar-refractivity contribution is 5.75. The highest BCUT2D eigenvalue weighted by atomic mass is 16.5. The number of hydrogen-bond donors (Lipinski definition) is 2. The van der Waals surface area contributed by atoms with Gasteiger partial charge < -0.3 is 15.2 Å². The lowest BCUT2D eigenvalue weighted by atomic mass is 10.1. The fourth-order valence-corrected chi connectivity index (χ4v) is 1.51. The van der Waals surface area contributed by atoms with Crippen molar-refractivity contribution in [3.8, 4) is 5.75 Å². The second-order valence-electron chi connectivity index (χ2n) is 4.13. The van der Waals surface area contributed by atoms with Crippen LogP contribution in [0.25, 0.3) is 0 Å². The van der Waals surface area contributed by atoms with E-state index in [0.717, 1.165) is 18.4 Å². The molecule has 0 bridgehead atoms. The van der Waals surface area contributed by atoms with E-state index in [-0.39, 0.29) is 11.7 Å². The molecular formula is C14H21NO3. The minimum absolute atomic E-state index is 0.0184. The van der Waals surface area contributed by atoms with E-state index in [0.29, 0.717) is 26.2 Å². The fourth-order valence-electron chi connectivity index (χ4n) is 1.51. The summed E-state index contributed by atoms with van der Waals surface area (Å²) in [6, 6.07) is 7.00. The van der Waals surface area contributed by atoms with Crippen molar-refractivity contribution in [3.05, 3.63) is 29.8 Å². The number of carbonyl (C=O) groups is 1. The highest BCUT2D eigenvalue weighted by Crippen LogP contribution is 2.09. The molecule has 1 aromatic rings. The Labute approximate surface area is 108 Å². The number of benzene rings is 1. The lowest BCUT2D eigenvalue weighted by molar-refractivity contribution is -0.122. The standard InChI is InChI=1S/C14H21NO3/c1-2-10-18-11-8-14(17)15-9-7-12-3-5-13(16)6-4-12/h3-6,16H,2,7-11H2,1H3,(H,15,17). The van der Waals surface area contributed by atoms with Crippen LogP contribution in [0.3, 0.4) is 0 Å². The number of amides is 1. The fraction of sp³-hybridized carbons (Fsp3) is 0.500. The second-order valence-corrected chi connectivity index (χ2v) is 4.13. The van der Waals surface area contributed by atoms with E-state index in [1.54, 1.807) is 12.1 Å². The summed E-state index contributed by atoms with van der Waals surface area (Å²) in [5.74, 6) is 0.278. The van der Waals surface area contributed by atoms with Gasteiger partial charge in [0.2, 0.25) is 5.91 Å². The lowest BCUT2D eigenvalue weighted by Gasteiger charge is -2.06. The van der Waals surface area contributed by atoms with E-state index in [1.807, 2.05) is 19.1 Å². The topological polar surface area (TPSA) is 58.6 Å². The first kappa shape index (κ1) is 14.5. The Hall–Kier alpha value is -1.55. The maximum absolute atomic E-state index is 11.4. The van der Waals surface area contributed by atoms with E-state index in [4.69, 9.17) is 9.84 Å². The summed E-state index contributed by atoms with van der Waals surface area (Å²) in [6.45, 7) is 3.84. The molecule has 2 N–H and O–H groups in total. The van der Waals surface area contributed by atoms with E-state index in [9.17, 15) is 4.79 Å². The predicted molar refractivity (Wildman–Crippen MR) is 70.5 cm³/mol. The first-order chi connectivity index (χ1) is 8.72. The molecule has 0 aliphatic rings. The average Bonchev–Trinajstić information content (AvgIpc) is 2.37. The molecule has 0 saturated carbocycles. The van der Waals surface area contributed by atoms with Gasteiger partial charge in [0.1, 0.15) is 5.75 Å². The maximum Gasteiger partial charge on any atom is 0.222 e. The molecule has 0 fully saturated rings. The van der Waals surface area contributed by atoms with Crippen LogP contribution in [0.4, 0.5) is 0 Å². The number of phenolic OH excluding ortho intramolecular Hbond substituents is 1. The monoisotopic (exact) mass is 251 g/mol. The molecule has 0 saturated heterocycles. The van der Waals surface area contributed by atoms with Crippen molar-refractivity contribution >= 4 is 5.91 Å². The van der Waals surface area contributed by atoms with E-state index in [1.165, 1.54) is 0 Å². The molecule has 4 heteroatoms. The van der Waals surface area contributed by atoms with Gasteiger partial charge in [0.05, 0.1) is 6.61 Å². The number of phenols is 1. The Bertz CT molecular complexity index is 349. The summed E-state index contributed by atoms with van der Waals surface area (Å²) < 4.78 is 5.24. The first-order valence-electron chi connectivity index (χ1n) is 6.34. The van der Waals surface area contributed by atoms with Gasteiger partial charge in [-0.1, -0.05) is 19.1 Å². The third-order valence-electron chi connectivity index (χ3n) is 2.49. The number of ether oxygens (including phenoxy) is 1. The quantitative estimate of drug-likeness (QED) is 0.693. The maximum atomic E-state index is 11.4. The van der Waals surface area contributed by atoms with Gasteiger partial charge in [-0.05, 0) is 30.5 Å². The van der Waals surface area contributed by atoms with Gasteiger partial charge in [0, 0.05) is 19.6 Å². The van der Waals surface area contributed by atoms with Crippen LogP contribution in [0.1, 0.15) is 25.3 Å². The molecule has 0 aliphatic heterocycles. The van der Waals surface area contributed by atoms with Crippen molar-refractivity contribution < 1.29 is 14.6 Å². The normalized spacial score (nSPS) is 10.3. The molecule has 1 amide bonds. The summed E-state index contributed by atoms with van der Waals surface area (Å²) >= 11 is 0. The van der Waals surface area contributed by atoms with Crippen LogP contribution in [0.15, 0.2) is 24.3 Å². The molecule has 0 aromatic heterocycles. The van der Waals surface area contributed by atoms with Crippen LogP contribution in [0.2, 0.25) is 0 Å². The van der Waals surface area contributed by atoms with Crippen molar-refractivity contribution in [3.63, 3.8) is 0 Å². The zero-order valence-corrected chi connectivity index (χ0v) is 10.8. The Morgan fingerprint density at radius 1 is 1.28 bits per heavy atom. The van der Waals surface area contributed by atoms with Crippen molar-refractivity contribution in [2.75, 3.05) is 19.8 Å². The molecule has 0 unspecified atom stereocenters. The average molecular weight is 251 g/mol. The molecule has 1 rings (SSSR count). The Morgan fingerprint density at radius 2 is 2.00 bits per heavy atom. The van der Waals surface area contributed by atoms with Crippen LogP contribution in [-0.4, -0.2) is 30.8 Å². The van der Waals surface area contributed by atoms with E-state index in [2.05, 4.69) is 5.32 Å². The van der Waals surface area contributed by atoms with Crippen LogP contribution < -0.4 is 5.32 Å². The number of rotatable bonds is 8. The Balaban J connectivity index is 2.10. The van der Waals surface area contributed by atoms with Crippen LogP contribution in [0.5, 0.6) is 5.75 Å². The molecular weight excluding hydrogens is 230 g/mol.